The highest BCUT2D eigenvalue weighted by Gasteiger charge is 2.35. The molecule has 0 unspecified atom stereocenters. The first kappa shape index (κ1) is 19.8. The Morgan fingerprint density at radius 3 is 2.71 bits per heavy atom. The van der Waals surface area contributed by atoms with Crippen molar-refractivity contribution < 1.29 is 19.1 Å². The fourth-order valence-corrected chi connectivity index (χ4v) is 3.62. The van der Waals surface area contributed by atoms with Gasteiger partial charge in [0.25, 0.3) is 11.1 Å². The summed E-state index contributed by atoms with van der Waals surface area (Å²) in [6.45, 7) is 0.0164. The van der Waals surface area contributed by atoms with E-state index in [4.69, 9.17) is 26.3 Å². The molecule has 0 bridgehead atoms. The molecule has 1 fully saturated rings. The summed E-state index contributed by atoms with van der Waals surface area (Å²) in [5.74, 6) is 0.478. The first-order chi connectivity index (χ1) is 13.5. The molecule has 6 nitrogen and oxygen atoms in total. The van der Waals surface area contributed by atoms with Gasteiger partial charge in [-0.25, -0.2) is 0 Å². The third kappa shape index (κ3) is 4.30. The minimum Gasteiger partial charge on any atom is -0.493 e. The highest BCUT2D eigenvalue weighted by atomic mass is 35.5. The van der Waals surface area contributed by atoms with Gasteiger partial charge in [-0.3, -0.25) is 14.5 Å². The Labute approximate surface area is 171 Å². The van der Waals surface area contributed by atoms with Crippen LogP contribution in [0.5, 0.6) is 11.5 Å². The number of rotatable bonds is 6. The Bertz CT molecular complexity index is 1000. The number of thioether (sulfide) groups is 1. The molecule has 1 aliphatic rings. The van der Waals surface area contributed by atoms with Gasteiger partial charge in [0.1, 0.15) is 6.07 Å². The first-order valence-electron chi connectivity index (χ1n) is 8.20. The molecule has 2 amide bonds. The standard InChI is InChI=1S/C20H15ClN2O4S/c1-26-17-10-13(6-7-16(17)27-9-8-22)11-18-19(24)23(20(25)28-18)12-14-4-2-3-5-15(14)21/h2-7,10-11H,9,12H2,1H3/b18-11-. The van der Waals surface area contributed by atoms with Crippen LogP contribution in [-0.2, 0) is 11.3 Å². The molecule has 0 aliphatic carbocycles. The van der Waals surface area contributed by atoms with Crippen molar-refractivity contribution in [3.05, 3.63) is 63.5 Å². The second-order valence-electron chi connectivity index (χ2n) is 5.72. The van der Waals surface area contributed by atoms with Gasteiger partial charge in [0.15, 0.2) is 18.1 Å². The van der Waals surface area contributed by atoms with E-state index in [0.717, 1.165) is 11.8 Å². The molecular formula is C20H15ClN2O4S. The van der Waals surface area contributed by atoms with Crippen molar-refractivity contribution in [2.45, 2.75) is 6.54 Å². The van der Waals surface area contributed by atoms with Crippen LogP contribution in [0.15, 0.2) is 47.4 Å². The molecule has 0 N–H and O–H groups in total. The number of amides is 2. The van der Waals surface area contributed by atoms with E-state index < -0.39 is 0 Å². The Hall–Kier alpha value is -2.95. The van der Waals surface area contributed by atoms with E-state index in [9.17, 15) is 9.59 Å². The van der Waals surface area contributed by atoms with Crippen LogP contribution >= 0.6 is 23.4 Å². The van der Waals surface area contributed by atoms with Crippen LogP contribution in [0.3, 0.4) is 0 Å². The molecule has 142 valence electrons. The van der Waals surface area contributed by atoms with E-state index in [1.54, 1.807) is 48.5 Å². The minimum atomic E-state index is -0.376. The van der Waals surface area contributed by atoms with Crippen LogP contribution in [0, 0.1) is 11.3 Å². The number of nitriles is 1. The van der Waals surface area contributed by atoms with Crippen LogP contribution in [0.25, 0.3) is 6.08 Å². The molecule has 28 heavy (non-hydrogen) atoms. The number of carbonyl (C=O) groups excluding carboxylic acids is 2. The smallest absolute Gasteiger partial charge is 0.293 e. The predicted molar refractivity (Wildman–Crippen MR) is 107 cm³/mol. The van der Waals surface area contributed by atoms with Crippen molar-refractivity contribution in [1.82, 2.24) is 4.90 Å². The molecule has 3 rings (SSSR count). The van der Waals surface area contributed by atoms with E-state index in [2.05, 4.69) is 0 Å². The van der Waals surface area contributed by atoms with Crippen molar-refractivity contribution in [3.8, 4) is 17.6 Å². The number of ether oxygens (including phenoxy) is 2. The summed E-state index contributed by atoms with van der Waals surface area (Å²) in [5.41, 5.74) is 1.37. The summed E-state index contributed by atoms with van der Waals surface area (Å²) in [4.78, 5) is 26.5. The highest BCUT2D eigenvalue weighted by Crippen LogP contribution is 2.35. The van der Waals surface area contributed by atoms with Crippen molar-refractivity contribution in [1.29, 1.82) is 5.26 Å². The molecule has 0 atom stereocenters. The second-order valence-corrected chi connectivity index (χ2v) is 7.12. The number of carbonyl (C=O) groups is 2. The maximum Gasteiger partial charge on any atom is 0.293 e. The quantitative estimate of drug-likeness (QED) is 0.648. The van der Waals surface area contributed by atoms with E-state index >= 15 is 0 Å². The molecule has 0 radical (unpaired) electrons. The molecule has 1 aliphatic heterocycles. The molecule has 2 aromatic carbocycles. The van der Waals surface area contributed by atoms with Gasteiger partial charge in [0.2, 0.25) is 0 Å². The number of hydrogen-bond donors (Lipinski definition) is 0. The van der Waals surface area contributed by atoms with Gasteiger partial charge in [0.05, 0.1) is 18.6 Å². The summed E-state index contributed by atoms with van der Waals surface area (Å²) in [6.07, 6.45) is 1.62. The van der Waals surface area contributed by atoms with Crippen molar-refractivity contribution in [2.24, 2.45) is 0 Å². The monoisotopic (exact) mass is 414 g/mol. The maximum absolute atomic E-state index is 12.7. The molecule has 1 saturated heterocycles. The third-order valence-corrected chi connectivity index (χ3v) is 5.21. The third-order valence-electron chi connectivity index (χ3n) is 3.94. The van der Waals surface area contributed by atoms with Crippen LogP contribution in [0.2, 0.25) is 5.02 Å². The first-order valence-corrected chi connectivity index (χ1v) is 9.39. The van der Waals surface area contributed by atoms with Crippen molar-refractivity contribution in [2.75, 3.05) is 13.7 Å². The summed E-state index contributed by atoms with van der Waals surface area (Å²) < 4.78 is 10.5. The molecule has 1 heterocycles. The lowest BCUT2D eigenvalue weighted by Crippen LogP contribution is -2.27. The summed E-state index contributed by atoms with van der Waals surface area (Å²) in [5, 5.41) is 8.78. The largest absolute Gasteiger partial charge is 0.493 e. The van der Waals surface area contributed by atoms with Gasteiger partial charge in [-0.2, -0.15) is 5.26 Å². The molecule has 2 aromatic rings. The lowest BCUT2D eigenvalue weighted by molar-refractivity contribution is -0.123. The van der Waals surface area contributed by atoms with Crippen LogP contribution < -0.4 is 9.47 Å². The zero-order chi connectivity index (χ0) is 20.1. The Balaban J connectivity index is 1.81. The highest BCUT2D eigenvalue weighted by molar-refractivity contribution is 8.18. The van der Waals surface area contributed by atoms with Gasteiger partial charge in [0, 0.05) is 5.02 Å². The van der Waals surface area contributed by atoms with Gasteiger partial charge < -0.3 is 9.47 Å². The zero-order valence-electron chi connectivity index (χ0n) is 14.8. The lowest BCUT2D eigenvalue weighted by Gasteiger charge is -2.13. The zero-order valence-corrected chi connectivity index (χ0v) is 16.4. The fraction of sp³-hybridized carbons (Fsp3) is 0.150. The number of benzene rings is 2. The summed E-state index contributed by atoms with van der Waals surface area (Å²) >= 11 is 7.01. The number of imide groups is 1. The van der Waals surface area contributed by atoms with E-state index in [1.165, 1.54) is 12.0 Å². The lowest BCUT2D eigenvalue weighted by atomic mass is 10.1. The molecule has 0 aromatic heterocycles. The van der Waals surface area contributed by atoms with Crippen LogP contribution in [-0.4, -0.2) is 29.8 Å². The second kappa shape index (κ2) is 8.83. The van der Waals surface area contributed by atoms with E-state index in [-0.39, 0.29) is 24.3 Å². The van der Waals surface area contributed by atoms with Gasteiger partial charge >= 0.3 is 0 Å². The Morgan fingerprint density at radius 2 is 2.00 bits per heavy atom. The number of methoxy groups -OCH3 is 1. The number of hydrogen-bond acceptors (Lipinski definition) is 6. The predicted octanol–water partition coefficient (Wildman–Crippen LogP) is 4.49. The molecular weight excluding hydrogens is 400 g/mol. The fourth-order valence-electron chi connectivity index (χ4n) is 2.59. The average Bonchev–Trinajstić information content (AvgIpc) is 2.95. The molecule has 0 spiro atoms. The van der Waals surface area contributed by atoms with Gasteiger partial charge in [-0.1, -0.05) is 35.9 Å². The van der Waals surface area contributed by atoms with E-state index in [0.29, 0.717) is 32.6 Å². The SMILES string of the molecule is COc1cc(/C=C2\SC(=O)N(Cc3ccccc3Cl)C2=O)ccc1OCC#N. The molecule has 8 heteroatoms. The Kier molecular flexibility index (Phi) is 6.24. The summed E-state index contributed by atoms with van der Waals surface area (Å²) in [6, 6.07) is 14.0. The van der Waals surface area contributed by atoms with Crippen LogP contribution in [0.4, 0.5) is 4.79 Å². The van der Waals surface area contributed by atoms with E-state index in [1.807, 2.05) is 6.07 Å². The topological polar surface area (TPSA) is 79.6 Å². The van der Waals surface area contributed by atoms with Crippen LogP contribution in [0.1, 0.15) is 11.1 Å². The van der Waals surface area contributed by atoms with Crippen molar-refractivity contribution in [3.63, 3.8) is 0 Å². The number of halogens is 1. The number of nitrogens with zero attached hydrogens (tertiary/aromatic N) is 2. The maximum atomic E-state index is 12.7. The van der Waals surface area contributed by atoms with Gasteiger partial charge in [-0.05, 0) is 47.2 Å². The van der Waals surface area contributed by atoms with Gasteiger partial charge in [-0.15, -0.1) is 0 Å². The average molecular weight is 415 g/mol. The summed E-state index contributed by atoms with van der Waals surface area (Å²) in [7, 11) is 1.48. The van der Waals surface area contributed by atoms with Crippen molar-refractivity contribution >= 4 is 40.6 Å². The minimum absolute atomic E-state index is 0.101. The Morgan fingerprint density at radius 1 is 1.21 bits per heavy atom. The molecule has 0 saturated carbocycles. The normalized spacial score (nSPS) is 15.0.